The molecule has 4 N–H and O–H groups in total. The Morgan fingerprint density at radius 2 is 2.26 bits per heavy atom. The molecule has 0 amide bonds. The second kappa shape index (κ2) is 4.30. The molecule has 102 valence electrons. The van der Waals surface area contributed by atoms with Crippen LogP contribution in [0.25, 0.3) is 11.2 Å². The Kier molecular flexibility index (Phi) is 2.73. The molecule has 1 unspecified atom stereocenters. The van der Waals surface area contributed by atoms with Crippen LogP contribution in [0.2, 0.25) is 0 Å². The van der Waals surface area contributed by atoms with Crippen molar-refractivity contribution in [2.24, 2.45) is 0 Å². The van der Waals surface area contributed by atoms with Gasteiger partial charge in [0.2, 0.25) is 0 Å². The zero-order chi connectivity index (χ0) is 13.6. The number of aromatic amines is 2. The number of aromatic nitrogens is 4. The van der Waals surface area contributed by atoms with E-state index in [9.17, 15) is 14.7 Å². The molecule has 0 radical (unpaired) electrons. The summed E-state index contributed by atoms with van der Waals surface area (Å²) in [5.74, 6) is 0. The summed E-state index contributed by atoms with van der Waals surface area (Å²) in [6, 6.07) is 0. The fourth-order valence-corrected chi connectivity index (χ4v) is 2.22. The summed E-state index contributed by atoms with van der Waals surface area (Å²) in [5.41, 5.74) is -0.916. The number of nitrogens with one attached hydrogen (secondary N) is 2. The van der Waals surface area contributed by atoms with E-state index >= 15 is 0 Å². The molecule has 1 aliphatic rings. The quantitative estimate of drug-likeness (QED) is 0.500. The van der Waals surface area contributed by atoms with E-state index in [2.05, 4.69) is 15.0 Å². The number of hydrogen-bond acceptors (Lipinski definition) is 6. The summed E-state index contributed by atoms with van der Waals surface area (Å²) in [6.07, 6.45) is -0.481. The SMILES string of the molecule is O=c1[nH]c(=O)c2ncn([C@@H]3CC(O)[C@H](CO)O3)c2[nH]1. The first kappa shape index (κ1) is 12.1. The van der Waals surface area contributed by atoms with Gasteiger partial charge < -0.3 is 14.9 Å². The minimum atomic E-state index is -0.804. The van der Waals surface area contributed by atoms with Crippen LogP contribution < -0.4 is 11.2 Å². The Balaban J connectivity index is 2.07. The van der Waals surface area contributed by atoms with Crippen LogP contribution in [0.4, 0.5) is 0 Å². The maximum atomic E-state index is 11.5. The summed E-state index contributed by atoms with van der Waals surface area (Å²) in [6.45, 7) is -0.304. The molecule has 3 rings (SSSR count). The smallest absolute Gasteiger partial charge is 0.327 e. The first-order chi connectivity index (χ1) is 9.10. The molecule has 0 aliphatic carbocycles. The summed E-state index contributed by atoms with van der Waals surface area (Å²) < 4.78 is 6.91. The largest absolute Gasteiger partial charge is 0.394 e. The number of hydrogen-bond donors (Lipinski definition) is 4. The Hall–Kier alpha value is -1.97. The highest BCUT2D eigenvalue weighted by Crippen LogP contribution is 2.29. The standard InChI is InChI=1S/C10H12N4O5/c15-2-5-4(16)1-6(19-5)14-3-11-7-8(14)12-10(18)13-9(7)17/h3-6,15-16H,1-2H2,(H2,12,13,17,18)/t4?,5-,6-/m0/s1. The minimum Gasteiger partial charge on any atom is -0.394 e. The summed E-state index contributed by atoms with van der Waals surface area (Å²) in [4.78, 5) is 31.2. The van der Waals surface area contributed by atoms with E-state index in [1.165, 1.54) is 10.9 Å². The molecule has 3 atom stereocenters. The molecular formula is C10H12N4O5. The molecule has 9 nitrogen and oxygen atoms in total. The number of fused-ring (bicyclic) bond motifs is 1. The predicted molar refractivity (Wildman–Crippen MR) is 62.6 cm³/mol. The minimum absolute atomic E-state index is 0.0881. The molecule has 2 aromatic rings. The molecule has 0 aromatic carbocycles. The fraction of sp³-hybridized carbons (Fsp3) is 0.500. The van der Waals surface area contributed by atoms with Gasteiger partial charge in [0.25, 0.3) is 5.56 Å². The Morgan fingerprint density at radius 1 is 1.47 bits per heavy atom. The molecule has 0 saturated carbocycles. The van der Waals surface area contributed by atoms with Gasteiger partial charge in [-0.3, -0.25) is 19.3 Å². The summed E-state index contributed by atoms with van der Waals surface area (Å²) >= 11 is 0. The molecule has 1 saturated heterocycles. The number of aliphatic hydroxyl groups is 2. The van der Waals surface area contributed by atoms with Crippen molar-refractivity contribution < 1.29 is 14.9 Å². The second-order valence-electron chi connectivity index (χ2n) is 4.37. The molecule has 1 fully saturated rings. The van der Waals surface area contributed by atoms with E-state index in [1.807, 2.05) is 0 Å². The molecular weight excluding hydrogens is 256 g/mol. The third-order valence-corrected chi connectivity index (χ3v) is 3.16. The van der Waals surface area contributed by atoms with Gasteiger partial charge in [-0.1, -0.05) is 0 Å². The lowest BCUT2D eigenvalue weighted by molar-refractivity contribution is -0.0432. The van der Waals surface area contributed by atoms with Gasteiger partial charge in [-0.25, -0.2) is 9.78 Å². The number of aliphatic hydroxyl groups excluding tert-OH is 2. The first-order valence-corrected chi connectivity index (χ1v) is 5.73. The molecule has 1 aliphatic heterocycles. The van der Waals surface area contributed by atoms with Gasteiger partial charge >= 0.3 is 5.69 Å². The zero-order valence-corrected chi connectivity index (χ0v) is 9.74. The van der Waals surface area contributed by atoms with Crippen LogP contribution in [0.15, 0.2) is 15.9 Å². The van der Waals surface area contributed by atoms with Crippen molar-refractivity contribution in [2.75, 3.05) is 6.61 Å². The number of nitrogens with zero attached hydrogens (tertiary/aromatic N) is 2. The molecule has 9 heteroatoms. The third kappa shape index (κ3) is 1.87. The van der Waals surface area contributed by atoms with Crippen molar-refractivity contribution >= 4 is 11.2 Å². The fourth-order valence-electron chi connectivity index (χ4n) is 2.22. The van der Waals surface area contributed by atoms with Gasteiger partial charge in [0.15, 0.2) is 5.52 Å². The molecule has 2 aromatic heterocycles. The number of H-pyrrole nitrogens is 2. The van der Waals surface area contributed by atoms with E-state index in [0.717, 1.165) is 0 Å². The van der Waals surface area contributed by atoms with Crippen LogP contribution in [-0.2, 0) is 4.74 Å². The lowest BCUT2D eigenvalue weighted by Gasteiger charge is -2.13. The number of imidazole rings is 1. The lowest BCUT2D eigenvalue weighted by Crippen LogP contribution is -2.24. The first-order valence-electron chi connectivity index (χ1n) is 5.73. The topological polar surface area (TPSA) is 133 Å². The Labute approximate surface area is 105 Å². The highest BCUT2D eigenvalue weighted by molar-refractivity contribution is 5.68. The van der Waals surface area contributed by atoms with E-state index in [0.29, 0.717) is 0 Å². The van der Waals surface area contributed by atoms with Crippen molar-refractivity contribution in [1.29, 1.82) is 0 Å². The van der Waals surface area contributed by atoms with Crippen LogP contribution >= 0.6 is 0 Å². The van der Waals surface area contributed by atoms with Crippen LogP contribution in [0.1, 0.15) is 12.6 Å². The molecule has 0 bridgehead atoms. The highest BCUT2D eigenvalue weighted by Gasteiger charge is 2.35. The molecule has 19 heavy (non-hydrogen) atoms. The maximum absolute atomic E-state index is 11.5. The van der Waals surface area contributed by atoms with Gasteiger partial charge in [-0.05, 0) is 0 Å². The summed E-state index contributed by atoms with van der Waals surface area (Å²) in [5, 5.41) is 18.7. The summed E-state index contributed by atoms with van der Waals surface area (Å²) in [7, 11) is 0. The van der Waals surface area contributed by atoms with Crippen molar-refractivity contribution in [1.82, 2.24) is 19.5 Å². The van der Waals surface area contributed by atoms with Crippen molar-refractivity contribution in [3.8, 4) is 0 Å². The Morgan fingerprint density at radius 3 is 2.95 bits per heavy atom. The lowest BCUT2D eigenvalue weighted by atomic mass is 10.2. The monoisotopic (exact) mass is 268 g/mol. The normalized spacial score (nSPS) is 27.2. The van der Waals surface area contributed by atoms with Gasteiger partial charge in [-0.15, -0.1) is 0 Å². The average molecular weight is 268 g/mol. The van der Waals surface area contributed by atoms with E-state index in [-0.39, 0.29) is 24.2 Å². The van der Waals surface area contributed by atoms with Crippen LogP contribution in [0.5, 0.6) is 0 Å². The van der Waals surface area contributed by atoms with Crippen LogP contribution in [0, 0.1) is 0 Å². The average Bonchev–Trinajstić information content (AvgIpc) is 2.92. The predicted octanol–water partition coefficient (Wildman–Crippen LogP) is -1.95. The van der Waals surface area contributed by atoms with Crippen molar-refractivity contribution in [2.45, 2.75) is 24.9 Å². The molecule has 3 heterocycles. The highest BCUT2D eigenvalue weighted by atomic mass is 16.5. The number of ether oxygens (including phenoxy) is 1. The van der Waals surface area contributed by atoms with Crippen molar-refractivity contribution in [3.05, 3.63) is 27.2 Å². The van der Waals surface area contributed by atoms with Gasteiger partial charge in [0.1, 0.15) is 18.0 Å². The van der Waals surface area contributed by atoms with E-state index in [4.69, 9.17) is 9.84 Å². The van der Waals surface area contributed by atoms with E-state index in [1.54, 1.807) is 0 Å². The van der Waals surface area contributed by atoms with Gasteiger partial charge in [-0.2, -0.15) is 0 Å². The Bertz CT molecular complexity index is 717. The van der Waals surface area contributed by atoms with Crippen LogP contribution in [-0.4, -0.2) is 48.5 Å². The van der Waals surface area contributed by atoms with Gasteiger partial charge in [0, 0.05) is 6.42 Å². The second-order valence-corrected chi connectivity index (χ2v) is 4.37. The third-order valence-electron chi connectivity index (χ3n) is 3.16. The van der Waals surface area contributed by atoms with Crippen molar-refractivity contribution in [3.63, 3.8) is 0 Å². The maximum Gasteiger partial charge on any atom is 0.327 e. The zero-order valence-electron chi connectivity index (χ0n) is 9.74. The van der Waals surface area contributed by atoms with E-state index < -0.39 is 29.7 Å². The van der Waals surface area contributed by atoms with Crippen LogP contribution in [0.3, 0.4) is 0 Å². The molecule has 0 spiro atoms. The number of rotatable bonds is 2. The van der Waals surface area contributed by atoms with Gasteiger partial charge in [0.05, 0.1) is 19.0 Å².